The second-order valence-electron chi connectivity index (χ2n) is 7.65. The van der Waals surface area contributed by atoms with Crippen LogP contribution in [-0.4, -0.2) is 55.0 Å². The first-order valence-electron chi connectivity index (χ1n) is 10.0. The van der Waals surface area contributed by atoms with Gasteiger partial charge in [0.15, 0.2) is 0 Å². The van der Waals surface area contributed by atoms with Crippen LogP contribution in [0.5, 0.6) is 5.75 Å². The highest BCUT2D eigenvalue weighted by Crippen LogP contribution is 2.22. The molecule has 3 rings (SSSR count). The van der Waals surface area contributed by atoms with E-state index in [9.17, 15) is 9.59 Å². The van der Waals surface area contributed by atoms with Crippen LogP contribution in [0, 0.1) is 12.8 Å². The van der Waals surface area contributed by atoms with Gasteiger partial charge in [-0.2, -0.15) is 0 Å². The Kier molecular flexibility index (Phi) is 6.58. The molecule has 0 aliphatic carbocycles. The molecule has 2 aliphatic heterocycles. The lowest BCUT2D eigenvalue weighted by Gasteiger charge is -2.36. The van der Waals surface area contributed by atoms with Crippen LogP contribution in [0.25, 0.3) is 0 Å². The fourth-order valence-electron chi connectivity index (χ4n) is 4.06. The number of rotatable bonds is 4. The molecule has 0 saturated carbocycles. The van der Waals surface area contributed by atoms with Gasteiger partial charge in [-0.25, -0.2) is 4.79 Å². The predicted molar refractivity (Wildman–Crippen MR) is 105 cm³/mol. The van der Waals surface area contributed by atoms with Gasteiger partial charge < -0.3 is 19.9 Å². The average Bonchev–Trinajstić information content (AvgIpc) is 2.72. The monoisotopic (exact) mass is 373 g/mol. The summed E-state index contributed by atoms with van der Waals surface area (Å²) in [6.07, 6.45) is 5.17. The van der Waals surface area contributed by atoms with E-state index in [-0.39, 0.29) is 17.9 Å². The molecule has 6 heteroatoms. The van der Waals surface area contributed by atoms with Gasteiger partial charge in [-0.15, -0.1) is 0 Å². The third-order valence-electron chi connectivity index (χ3n) is 5.59. The molecule has 0 radical (unpaired) electrons. The van der Waals surface area contributed by atoms with E-state index in [4.69, 9.17) is 4.74 Å². The maximum Gasteiger partial charge on any atom is 0.317 e. The molecule has 6 nitrogen and oxygen atoms in total. The minimum absolute atomic E-state index is 0.0592. The summed E-state index contributed by atoms with van der Waals surface area (Å²) in [6, 6.07) is 5.84. The number of ether oxygens (including phenoxy) is 1. The third kappa shape index (κ3) is 4.93. The standard InChI is InChI=1S/C21H31N3O3/c1-16-8-9-19(27-2)18(13-16)14-22-21(26)24-12-6-7-17(15-24)20(25)23-10-4-3-5-11-23/h8-9,13,17H,3-7,10-12,14-15H2,1-2H3,(H,22,26). The second kappa shape index (κ2) is 9.11. The topological polar surface area (TPSA) is 61.9 Å². The van der Waals surface area contributed by atoms with E-state index in [1.807, 2.05) is 30.0 Å². The van der Waals surface area contributed by atoms with Crippen molar-refractivity contribution in [3.63, 3.8) is 0 Å². The summed E-state index contributed by atoms with van der Waals surface area (Å²) in [5.41, 5.74) is 2.09. The van der Waals surface area contributed by atoms with Crippen molar-refractivity contribution in [1.82, 2.24) is 15.1 Å². The van der Waals surface area contributed by atoms with Crippen LogP contribution in [0.15, 0.2) is 18.2 Å². The molecule has 2 aliphatic rings. The zero-order valence-electron chi connectivity index (χ0n) is 16.5. The average molecular weight is 373 g/mol. The molecule has 0 bridgehead atoms. The number of methoxy groups -OCH3 is 1. The quantitative estimate of drug-likeness (QED) is 0.883. The highest BCUT2D eigenvalue weighted by atomic mass is 16.5. The lowest BCUT2D eigenvalue weighted by atomic mass is 9.95. The molecule has 3 amide bonds. The van der Waals surface area contributed by atoms with Crippen molar-refractivity contribution in [1.29, 1.82) is 0 Å². The number of likely N-dealkylation sites (tertiary alicyclic amines) is 2. The summed E-state index contributed by atoms with van der Waals surface area (Å²) >= 11 is 0. The van der Waals surface area contributed by atoms with E-state index in [0.717, 1.165) is 55.6 Å². The number of carbonyl (C=O) groups excluding carboxylic acids is 2. The van der Waals surface area contributed by atoms with Gasteiger partial charge in [0.05, 0.1) is 13.0 Å². The smallest absolute Gasteiger partial charge is 0.317 e. The first-order chi connectivity index (χ1) is 13.1. The molecule has 2 saturated heterocycles. The van der Waals surface area contributed by atoms with Gasteiger partial charge in [0.1, 0.15) is 5.75 Å². The third-order valence-corrected chi connectivity index (χ3v) is 5.59. The Morgan fingerprint density at radius 1 is 1.11 bits per heavy atom. The zero-order valence-corrected chi connectivity index (χ0v) is 16.5. The Hall–Kier alpha value is -2.24. The number of hydrogen-bond donors (Lipinski definition) is 1. The fourth-order valence-corrected chi connectivity index (χ4v) is 4.06. The van der Waals surface area contributed by atoms with Crippen molar-refractivity contribution in [2.24, 2.45) is 5.92 Å². The van der Waals surface area contributed by atoms with E-state index in [1.54, 1.807) is 12.0 Å². The van der Waals surface area contributed by atoms with Crippen LogP contribution < -0.4 is 10.1 Å². The first-order valence-corrected chi connectivity index (χ1v) is 10.0. The van der Waals surface area contributed by atoms with Crippen LogP contribution >= 0.6 is 0 Å². The van der Waals surface area contributed by atoms with Crippen molar-refractivity contribution in [3.05, 3.63) is 29.3 Å². The fraction of sp³-hybridized carbons (Fsp3) is 0.619. The van der Waals surface area contributed by atoms with E-state index in [1.165, 1.54) is 6.42 Å². The molecular weight excluding hydrogens is 342 g/mol. The van der Waals surface area contributed by atoms with Gasteiger partial charge in [-0.3, -0.25) is 4.79 Å². The number of nitrogens with zero attached hydrogens (tertiary/aromatic N) is 2. The minimum Gasteiger partial charge on any atom is -0.496 e. The number of urea groups is 1. The van der Waals surface area contributed by atoms with E-state index < -0.39 is 0 Å². The van der Waals surface area contributed by atoms with Gasteiger partial charge >= 0.3 is 6.03 Å². The molecule has 2 fully saturated rings. The van der Waals surface area contributed by atoms with Crippen molar-refractivity contribution < 1.29 is 14.3 Å². The van der Waals surface area contributed by atoms with Crippen LogP contribution in [0.1, 0.15) is 43.2 Å². The Balaban J connectivity index is 1.55. The maximum absolute atomic E-state index is 12.8. The number of aryl methyl sites for hydroxylation is 1. The van der Waals surface area contributed by atoms with Crippen LogP contribution in [0.2, 0.25) is 0 Å². The summed E-state index contributed by atoms with van der Waals surface area (Å²) in [6.45, 7) is 5.41. The van der Waals surface area contributed by atoms with Crippen LogP contribution in [-0.2, 0) is 11.3 Å². The zero-order chi connectivity index (χ0) is 19.2. The summed E-state index contributed by atoms with van der Waals surface area (Å²) < 4.78 is 5.38. The number of nitrogens with one attached hydrogen (secondary N) is 1. The molecule has 1 aromatic rings. The highest BCUT2D eigenvalue weighted by molar-refractivity contribution is 5.81. The summed E-state index contributed by atoms with van der Waals surface area (Å²) in [5.74, 6) is 0.946. The molecule has 148 valence electrons. The Morgan fingerprint density at radius 2 is 1.85 bits per heavy atom. The number of hydrogen-bond acceptors (Lipinski definition) is 3. The van der Waals surface area contributed by atoms with Crippen LogP contribution in [0.4, 0.5) is 4.79 Å². The summed E-state index contributed by atoms with van der Waals surface area (Å²) in [4.78, 5) is 29.2. The van der Waals surface area contributed by atoms with E-state index >= 15 is 0 Å². The number of piperidine rings is 2. The van der Waals surface area contributed by atoms with Gasteiger partial charge in [0.2, 0.25) is 5.91 Å². The minimum atomic E-state index is -0.102. The number of amides is 3. The summed E-state index contributed by atoms with van der Waals surface area (Å²) in [7, 11) is 1.64. The molecular formula is C21H31N3O3. The summed E-state index contributed by atoms with van der Waals surface area (Å²) in [5, 5.41) is 2.99. The largest absolute Gasteiger partial charge is 0.496 e. The van der Waals surface area contributed by atoms with E-state index in [2.05, 4.69) is 5.32 Å². The number of benzene rings is 1. The van der Waals surface area contributed by atoms with Crippen molar-refractivity contribution in [2.75, 3.05) is 33.3 Å². The lowest BCUT2D eigenvalue weighted by Crippen LogP contribution is -2.50. The normalized spacial score (nSPS) is 20.3. The predicted octanol–water partition coefficient (Wildman–Crippen LogP) is 2.94. The molecule has 27 heavy (non-hydrogen) atoms. The Bertz CT molecular complexity index is 671. The lowest BCUT2D eigenvalue weighted by molar-refractivity contribution is -0.137. The molecule has 1 N–H and O–H groups in total. The second-order valence-corrected chi connectivity index (χ2v) is 7.65. The first kappa shape index (κ1) is 19.5. The molecule has 0 aromatic heterocycles. The van der Waals surface area contributed by atoms with Crippen LogP contribution in [0.3, 0.4) is 0 Å². The van der Waals surface area contributed by atoms with E-state index in [0.29, 0.717) is 19.6 Å². The van der Waals surface area contributed by atoms with Gasteiger partial charge in [-0.05, 0) is 45.1 Å². The molecule has 1 unspecified atom stereocenters. The van der Waals surface area contributed by atoms with Crippen molar-refractivity contribution >= 4 is 11.9 Å². The van der Waals surface area contributed by atoms with Gasteiger partial charge in [0.25, 0.3) is 0 Å². The SMILES string of the molecule is COc1ccc(C)cc1CNC(=O)N1CCCC(C(=O)N2CCCCC2)C1. The molecule has 1 atom stereocenters. The molecule has 2 heterocycles. The molecule has 0 spiro atoms. The Morgan fingerprint density at radius 3 is 2.59 bits per heavy atom. The number of carbonyl (C=O) groups is 2. The van der Waals surface area contributed by atoms with Gasteiger partial charge in [0, 0.05) is 38.3 Å². The molecule has 1 aromatic carbocycles. The maximum atomic E-state index is 12.8. The highest BCUT2D eigenvalue weighted by Gasteiger charge is 2.31. The van der Waals surface area contributed by atoms with Crippen molar-refractivity contribution in [3.8, 4) is 5.75 Å². The Labute approximate surface area is 161 Å². The van der Waals surface area contributed by atoms with Crippen molar-refractivity contribution in [2.45, 2.75) is 45.6 Å². The van der Waals surface area contributed by atoms with Gasteiger partial charge in [-0.1, -0.05) is 17.7 Å².